The van der Waals surface area contributed by atoms with Crippen LogP contribution in [-0.2, 0) is 16.9 Å². The third-order valence-electron chi connectivity index (χ3n) is 3.35. The number of anilines is 1. The Morgan fingerprint density at radius 1 is 1.38 bits per heavy atom. The van der Waals surface area contributed by atoms with Gasteiger partial charge in [0.15, 0.2) is 0 Å². The molecule has 1 unspecified atom stereocenters. The minimum absolute atomic E-state index is 0.444. The van der Waals surface area contributed by atoms with Gasteiger partial charge < -0.3 is 14.6 Å². The van der Waals surface area contributed by atoms with Gasteiger partial charge in [0.2, 0.25) is 11.7 Å². The van der Waals surface area contributed by atoms with Gasteiger partial charge in [0, 0.05) is 17.3 Å². The van der Waals surface area contributed by atoms with Crippen LogP contribution in [0.2, 0.25) is 5.02 Å². The fraction of sp³-hybridized carbons (Fsp3) is 0.467. The summed E-state index contributed by atoms with van der Waals surface area (Å²) in [6.07, 6.45) is 0.779. The molecule has 2 rings (SSSR count). The summed E-state index contributed by atoms with van der Waals surface area (Å²) in [5.74, 6) is 1.10. The van der Waals surface area contributed by atoms with Gasteiger partial charge in [-0.15, -0.1) is 0 Å². The van der Waals surface area contributed by atoms with Crippen LogP contribution in [0.5, 0.6) is 0 Å². The molecular weight excluding hydrogens is 290 g/mol. The average Bonchev–Trinajstić information content (AvgIpc) is 2.95. The van der Waals surface area contributed by atoms with Crippen molar-refractivity contribution < 1.29 is 9.26 Å². The van der Waals surface area contributed by atoms with Crippen molar-refractivity contribution in [3.05, 3.63) is 41.0 Å². The van der Waals surface area contributed by atoms with Crippen LogP contribution in [0, 0.1) is 0 Å². The minimum atomic E-state index is -0.507. The molecule has 1 N–H and O–H groups in total. The summed E-state index contributed by atoms with van der Waals surface area (Å²) in [6.45, 7) is 7.01. The zero-order valence-electron chi connectivity index (χ0n) is 12.5. The number of hydrogen-bond donors (Lipinski definition) is 1. The van der Waals surface area contributed by atoms with E-state index in [4.69, 9.17) is 20.9 Å². The van der Waals surface area contributed by atoms with Gasteiger partial charge >= 0.3 is 0 Å². The van der Waals surface area contributed by atoms with E-state index in [0.717, 1.165) is 12.1 Å². The Labute approximate surface area is 129 Å². The van der Waals surface area contributed by atoms with E-state index in [9.17, 15) is 0 Å². The molecule has 0 amide bonds. The zero-order chi connectivity index (χ0) is 15.3. The predicted octanol–water partition coefficient (Wildman–Crippen LogP) is 4.00. The molecule has 21 heavy (non-hydrogen) atoms. The molecular formula is C15H20ClN3O2. The number of benzene rings is 1. The third kappa shape index (κ3) is 3.95. The Bertz CT molecular complexity index is 588. The second kappa shape index (κ2) is 6.91. The number of halogens is 1. The number of aromatic nitrogens is 2. The Morgan fingerprint density at radius 3 is 2.86 bits per heavy atom. The quantitative estimate of drug-likeness (QED) is 0.837. The van der Waals surface area contributed by atoms with Crippen molar-refractivity contribution in [1.29, 1.82) is 0 Å². The van der Waals surface area contributed by atoms with Gasteiger partial charge in [-0.1, -0.05) is 29.7 Å². The fourth-order valence-corrected chi connectivity index (χ4v) is 2.15. The molecule has 0 fully saturated rings. The highest BCUT2D eigenvalue weighted by Gasteiger charge is 2.30. The summed E-state index contributed by atoms with van der Waals surface area (Å²) in [5, 5.41) is 7.91. The number of ether oxygens (including phenoxy) is 1. The molecule has 0 aliphatic heterocycles. The van der Waals surface area contributed by atoms with E-state index < -0.39 is 5.60 Å². The van der Waals surface area contributed by atoms with Gasteiger partial charge in [-0.25, -0.2) is 0 Å². The van der Waals surface area contributed by atoms with Crippen LogP contribution in [0.25, 0.3) is 0 Å². The first-order valence-electron chi connectivity index (χ1n) is 7.04. The molecule has 1 heterocycles. The molecule has 5 nitrogen and oxygen atoms in total. The molecule has 0 aliphatic carbocycles. The number of hydrogen-bond acceptors (Lipinski definition) is 5. The Hall–Kier alpha value is -1.59. The summed E-state index contributed by atoms with van der Waals surface area (Å²) in [5.41, 5.74) is 0.400. The van der Waals surface area contributed by atoms with Crippen molar-refractivity contribution in [2.24, 2.45) is 0 Å². The monoisotopic (exact) mass is 309 g/mol. The van der Waals surface area contributed by atoms with E-state index in [1.165, 1.54) is 0 Å². The van der Waals surface area contributed by atoms with Gasteiger partial charge in [0.05, 0.1) is 6.54 Å². The lowest BCUT2D eigenvalue weighted by Gasteiger charge is -2.23. The maximum absolute atomic E-state index is 5.94. The fourth-order valence-electron chi connectivity index (χ4n) is 1.96. The minimum Gasteiger partial charge on any atom is -0.376 e. The van der Waals surface area contributed by atoms with Gasteiger partial charge in [0.25, 0.3) is 0 Å². The first-order valence-corrected chi connectivity index (χ1v) is 7.41. The van der Waals surface area contributed by atoms with Crippen LogP contribution in [0.15, 0.2) is 28.8 Å². The summed E-state index contributed by atoms with van der Waals surface area (Å²) in [6, 6.07) is 7.48. The SMILES string of the molecule is CCOC(C)(CC)c1noc(CNc2cccc(Cl)c2)n1. The van der Waals surface area contributed by atoms with E-state index in [0.29, 0.717) is 29.9 Å². The van der Waals surface area contributed by atoms with E-state index in [1.54, 1.807) is 0 Å². The van der Waals surface area contributed by atoms with Crippen LogP contribution in [0.3, 0.4) is 0 Å². The third-order valence-corrected chi connectivity index (χ3v) is 3.58. The highest BCUT2D eigenvalue weighted by atomic mass is 35.5. The molecule has 1 atom stereocenters. The summed E-state index contributed by atoms with van der Waals surface area (Å²) < 4.78 is 11.0. The lowest BCUT2D eigenvalue weighted by atomic mass is 10.0. The van der Waals surface area contributed by atoms with E-state index >= 15 is 0 Å². The molecule has 0 radical (unpaired) electrons. The van der Waals surface area contributed by atoms with Crippen LogP contribution in [0.1, 0.15) is 38.9 Å². The summed E-state index contributed by atoms with van der Waals surface area (Å²) >= 11 is 5.94. The van der Waals surface area contributed by atoms with E-state index in [2.05, 4.69) is 15.5 Å². The average molecular weight is 310 g/mol. The van der Waals surface area contributed by atoms with Crippen molar-refractivity contribution in [1.82, 2.24) is 10.1 Å². The van der Waals surface area contributed by atoms with Crippen LogP contribution in [-0.4, -0.2) is 16.7 Å². The molecule has 0 spiro atoms. The molecule has 114 valence electrons. The van der Waals surface area contributed by atoms with E-state index in [1.807, 2.05) is 45.0 Å². The lowest BCUT2D eigenvalue weighted by molar-refractivity contribution is -0.0403. The molecule has 6 heteroatoms. The molecule has 0 aliphatic rings. The van der Waals surface area contributed by atoms with Crippen molar-refractivity contribution in [2.75, 3.05) is 11.9 Å². The Kier molecular flexibility index (Phi) is 5.20. The van der Waals surface area contributed by atoms with Gasteiger partial charge in [-0.05, 0) is 38.5 Å². The maximum atomic E-state index is 5.94. The lowest BCUT2D eigenvalue weighted by Crippen LogP contribution is -2.26. The van der Waals surface area contributed by atoms with Crippen LogP contribution < -0.4 is 5.32 Å². The van der Waals surface area contributed by atoms with Crippen LogP contribution in [0.4, 0.5) is 5.69 Å². The molecule has 0 bridgehead atoms. The van der Waals surface area contributed by atoms with Gasteiger partial charge in [-0.2, -0.15) is 4.98 Å². The molecule has 0 saturated heterocycles. The number of nitrogens with one attached hydrogen (secondary N) is 1. The molecule has 2 aromatic rings. The van der Waals surface area contributed by atoms with Crippen molar-refractivity contribution in [3.8, 4) is 0 Å². The highest BCUT2D eigenvalue weighted by molar-refractivity contribution is 6.30. The number of rotatable bonds is 7. The molecule has 0 saturated carbocycles. The normalized spacial score (nSPS) is 13.9. The topological polar surface area (TPSA) is 60.2 Å². The standard InChI is InChI=1S/C15H20ClN3O2/c1-4-15(3,20-5-2)14-18-13(21-19-14)10-17-12-8-6-7-11(16)9-12/h6-9,17H,4-5,10H2,1-3H3. The molecule has 1 aromatic carbocycles. The highest BCUT2D eigenvalue weighted by Crippen LogP contribution is 2.26. The summed E-state index contributed by atoms with van der Waals surface area (Å²) in [4.78, 5) is 4.41. The smallest absolute Gasteiger partial charge is 0.246 e. The van der Waals surface area contributed by atoms with Crippen molar-refractivity contribution >= 4 is 17.3 Å². The van der Waals surface area contributed by atoms with Crippen molar-refractivity contribution in [3.63, 3.8) is 0 Å². The predicted molar refractivity (Wildman–Crippen MR) is 82.3 cm³/mol. The largest absolute Gasteiger partial charge is 0.376 e. The second-order valence-electron chi connectivity index (χ2n) is 4.89. The Morgan fingerprint density at radius 2 is 2.19 bits per heavy atom. The zero-order valence-corrected chi connectivity index (χ0v) is 13.3. The second-order valence-corrected chi connectivity index (χ2v) is 5.33. The van der Waals surface area contributed by atoms with Crippen LogP contribution >= 0.6 is 11.6 Å². The first kappa shape index (κ1) is 15.8. The van der Waals surface area contributed by atoms with Crippen molar-refractivity contribution in [2.45, 2.75) is 39.3 Å². The van der Waals surface area contributed by atoms with Gasteiger partial charge in [-0.3, -0.25) is 0 Å². The maximum Gasteiger partial charge on any atom is 0.246 e. The summed E-state index contributed by atoms with van der Waals surface area (Å²) in [7, 11) is 0. The molecule has 1 aromatic heterocycles. The van der Waals surface area contributed by atoms with Gasteiger partial charge in [0.1, 0.15) is 5.60 Å². The number of nitrogens with zero attached hydrogens (tertiary/aromatic N) is 2. The van der Waals surface area contributed by atoms with E-state index in [-0.39, 0.29) is 0 Å². The Balaban J connectivity index is 2.03. The first-order chi connectivity index (χ1) is 10.1.